The first-order valence-electron chi connectivity index (χ1n) is 9.06. The molecular formula is C21H21FN2OS. The largest absolute Gasteiger partial charge is 0.349 e. The molecule has 3 aromatic rings. The lowest BCUT2D eigenvalue weighted by Gasteiger charge is -2.36. The molecule has 1 amide bonds. The number of nitrogens with one attached hydrogen (secondary N) is 1. The fourth-order valence-electron chi connectivity index (χ4n) is 3.91. The Morgan fingerprint density at radius 2 is 1.92 bits per heavy atom. The Kier molecular flexibility index (Phi) is 4.72. The third-order valence-electron chi connectivity index (χ3n) is 5.26. The van der Waals surface area contributed by atoms with Gasteiger partial charge < -0.3 is 5.32 Å². The molecule has 0 spiro atoms. The monoisotopic (exact) mass is 368 g/mol. The topological polar surface area (TPSA) is 42.0 Å². The van der Waals surface area contributed by atoms with Crippen LogP contribution in [0, 0.1) is 5.82 Å². The number of benzene rings is 2. The average molecular weight is 368 g/mol. The van der Waals surface area contributed by atoms with Crippen LogP contribution in [0.1, 0.15) is 42.7 Å². The molecule has 0 unspecified atom stereocenters. The van der Waals surface area contributed by atoms with Crippen LogP contribution in [0.3, 0.4) is 0 Å². The van der Waals surface area contributed by atoms with E-state index in [1.54, 1.807) is 17.4 Å². The van der Waals surface area contributed by atoms with E-state index in [1.165, 1.54) is 12.1 Å². The van der Waals surface area contributed by atoms with Crippen LogP contribution in [-0.2, 0) is 16.8 Å². The van der Waals surface area contributed by atoms with E-state index in [1.807, 2.05) is 30.3 Å². The summed E-state index contributed by atoms with van der Waals surface area (Å²) in [6.07, 6.45) is 4.64. The van der Waals surface area contributed by atoms with Gasteiger partial charge in [-0.2, -0.15) is 0 Å². The van der Waals surface area contributed by atoms with Gasteiger partial charge in [-0.05, 0) is 42.7 Å². The zero-order valence-corrected chi connectivity index (χ0v) is 15.3. The van der Waals surface area contributed by atoms with Gasteiger partial charge in [0.05, 0.1) is 22.2 Å². The lowest BCUT2D eigenvalue weighted by molar-refractivity contribution is -0.128. The Labute approximate surface area is 156 Å². The molecule has 1 aliphatic carbocycles. The summed E-state index contributed by atoms with van der Waals surface area (Å²) >= 11 is 1.60. The van der Waals surface area contributed by atoms with Crippen molar-refractivity contribution in [3.63, 3.8) is 0 Å². The number of amides is 1. The Hall–Kier alpha value is -2.27. The van der Waals surface area contributed by atoms with Crippen molar-refractivity contribution in [3.8, 4) is 0 Å². The summed E-state index contributed by atoms with van der Waals surface area (Å²) in [5, 5.41) is 3.97. The quantitative estimate of drug-likeness (QED) is 0.708. The lowest BCUT2D eigenvalue weighted by Crippen LogP contribution is -2.45. The Morgan fingerprint density at radius 1 is 1.12 bits per heavy atom. The Morgan fingerprint density at radius 3 is 2.69 bits per heavy atom. The minimum absolute atomic E-state index is 0.0120. The summed E-state index contributed by atoms with van der Waals surface area (Å²) in [4.78, 5) is 17.7. The van der Waals surface area contributed by atoms with E-state index in [0.29, 0.717) is 6.54 Å². The number of para-hydroxylation sites is 1. The van der Waals surface area contributed by atoms with Crippen molar-refractivity contribution < 1.29 is 9.18 Å². The predicted molar refractivity (Wildman–Crippen MR) is 103 cm³/mol. The Balaban J connectivity index is 1.56. The molecule has 26 heavy (non-hydrogen) atoms. The second-order valence-corrected chi connectivity index (χ2v) is 8.03. The molecule has 0 bridgehead atoms. The number of rotatable bonds is 4. The van der Waals surface area contributed by atoms with Gasteiger partial charge in [0.15, 0.2) is 0 Å². The molecule has 0 atom stereocenters. The van der Waals surface area contributed by atoms with Gasteiger partial charge in [0.1, 0.15) is 10.8 Å². The van der Waals surface area contributed by atoms with Crippen molar-refractivity contribution in [2.45, 2.75) is 44.1 Å². The van der Waals surface area contributed by atoms with Crippen molar-refractivity contribution >= 4 is 27.5 Å². The maximum Gasteiger partial charge on any atom is 0.231 e. The summed E-state index contributed by atoms with van der Waals surface area (Å²) < 4.78 is 14.9. The lowest BCUT2D eigenvalue weighted by atomic mass is 9.68. The van der Waals surface area contributed by atoms with Crippen LogP contribution in [0.25, 0.3) is 10.2 Å². The second kappa shape index (κ2) is 7.16. The van der Waals surface area contributed by atoms with Crippen LogP contribution in [0.15, 0.2) is 48.5 Å². The van der Waals surface area contributed by atoms with Crippen LogP contribution < -0.4 is 5.32 Å². The number of fused-ring (bicyclic) bond motifs is 1. The molecule has 0 radical (unpaired) electrons. The third kappa shape index (κ3) is 3.23. The predicted octanol–water partition coefficient (Wildman–Crippen LogP) is 4.95. The molecule has 1 saturated carbocycles. The van der Waals surface area contributed by atoms with Crippen molar-refractivity contribution in [2.24, 2.45) is 0 Å². The molecule has 3 nitrogen and oxygen atoms in total. The van der Waals surface area contributed by atoms with E-state index >= 15 is 0 Å². The number of hydrogen-bond acceptors (Lipinski definition) is 3. The van der Waals surface area contributed by atoms with Crippen LogP contribution in [0.4, 0.5) is 4.39 Å². The van der Waals surface area contributed by atoms with Crippen molar-refractivity contribution in [1.29, 1.82) is 0 Å². The summed E-state index contributed by atoms with van der Waals surface area (Å²) in [5.74, 6) is -0.298. The van der Waals surface area contributed by atoms with Crippen LogP contribution in [-0.4, -0.2) is 10.9 Å². The molecular weight excluding hydrogens is 347 g/mol. The smallest absolute Gasteiger partial charge is 0.231 e. The molecule has 1 aliphatic rings. The number of hydrogen-bond donors (Lipinski definition) is 1. The molecule has 1 aromatic heterocycles. The van der Waals surface area contributed by atoms with Crippen LogP contribution in [0.5, 0.6) is 0 Å². The average Bonchev–Trinajstić information content (AvgIpc) is 3.09. The summed E-state index contributed by atoms with van der Waals surface area (Å²) in [5.41, 5.74) is 1.12. The first kappa shape index (κ1) is 17.2. The molecule has 1 heterocycles. The van der Waals surface area contributed by atoms with Gasteiger partial charge in [0.2, 0.25) is 5.91 Å². The zero-order valence-electron chi connectivity index (χ0n) is 14.5. The minimum Gasteiger partial charge on any atom is -0.349 e. The molecule has 134 valence electrons. The van der Waals surface area contributed by atoms with E-state index in [9.17, 15) is 9.18 Å². The minimum atomic E-state index is -0.628. The summed E-state index contributed by atoms with van der Waals surface area (Å²) in [7, 11) is 0. The highest BCUT2D eigenvalue weighted by Crippen LogP contribution is 2.40. The third-order valence-corrected chi connectivity index (χ3v) is 6.29. The number of carbonyl (C=O) groups excluding carboxylic acids is 1. The van der Waals surface area contributed by atoms with Gasteiger partial charge in [-0.25, -0.2) is 9.37 Å². The van der Waals surface area contributed by atoms with Gasteiger partial charge in [0.25, 0.3) is 0 Å². The fourth-order valence-corrected chi connectivity index (χ4v) is 4.82. The molecule has 0 saturated heterocycles. The van der Waals surface area contributed by atoms with Gasteiger partial charge in [0, 0.05) is 0 Å². The zero-order chi connectivity index (χ0) is 18.0. The summed E-state index contributed by atoms with van der Waals surface area (Å²) in [6, 6.07) is 14.5. The molecule has 5 heteroatoms. The van der Waals surface area contributed by atoms with E-state index < -0.39 is 5.41 Å². The highest BCUT2D eigenvalue weighted by atomic mass is 32.1. The highest BCUT2D eigenvalue weighted by molar-refractivity contribution is 7.18. The Bertz CT molecular complexity index is 897. The van der Waals surface area contributed by atoms with Gasteiger partial charge in [-0.1, -0.05) is 43.5 Å². The van der Waals surface area contributed by atoms with Crippen molar-refractivity contribution in [1.82, 2.24) is 10.3 Å². The first-order valence-corrected chi connectivity index (χ1v) is 9.88. The maximum absolute atomic E-state index is 13.8. The first-order chi connectivity index (χ1) is 12.7. The number of halogens is 1. The second-order valence-electron chi connectivity index (χ2n) is 6.91. The van der Waals surface area contributed by atoms with E-state index in [-0.39, 0.29) is 11.7 Å². The van der Waals surface area contributed by atoms with Gasteiger partial charge in [-0.3, -0.25) is 4.79 Å². The van der Waals surface area contributed by atoms with Crippen LogP contribution in [0.2, 0.25) is 0 Å². The van der Waals surface area contributed by atoms with Crippen LogP contribution >= 0.6 is 11.3 Å². The van der Waals surface area contributed by atoms with Crippen molar-refractivity contribution in [2.75, 3.05) is 0 Å². The molecule has 2 aromatic carbocycles. The molecule has 0 aliphatic heterocycles. The molecule has 4 rings (SSSR count). The number of carbonyl (C=O) groups is 1. The van der Waals surface area contributed by atoms with E-state index in [4.69, 9.17) is 0 Å². The van der Waals surface area contributed by atoms with Gasteiger partial charge >= 0.3 is 0 Å². The van der Waals surface area contributed by atoms with E-state index in [2.05, 4.69) is 10.3 Å². The van der Waals surface area contributed by atoms with Crippen molar-refractivity contribution in [3.05, 3.63) is 64.9 Å². The highest BCUT2D eigenvalue weighted by Gasteiger charge is 2.41. The normalized spacial score (nSPS) is 16.5. The SMILES string of the molecule is O=C(NCc1nc2ccccc2s1)C1(c2cccc(F)c2)CCCCC1. The number of nitrogens with zero attached hydrogens (tertiary/aromatic N) is 1. The molecule has 1 N–H and O–H groups in total. The van der Waals surface area contributed by atoms with E-state index in [0.717, 1.165) is 52.9 Å². The summed E-state index contributed by atoms with van der Waals surface area (Å²) in [6.45, 7) is 0.412. The number of aromatic nitrogens is 1. The molecule has 1 fully saturated rings. The standard InChI is InChI=1S/C21H21FN2OS/c22-16-8-6-7-15(13-16)21(11-4-1-5-12-21)20(25)23-14-19-24-17-9-2-3-10-18(17)26-19/h2-3,6-10,13H,1,4-5,11-12,14H2,(H,23,25). The van der Waals surface area contributed by atoms with Gasteiger partial charge in [-0.15, -0.1) is 11.3 Å². The number of thiazole rings is 1. The fraction of sp³-hybridized carbons (Fsp3) is 0.333. The maximum atomic E-state index is 13.8.